The highest BCUT2D eigenvalue weighted by Crippen LogP contribution is 2.21. The summed E-state index contributed by atoms with van der Waals surface area (Å²) in [5.41, 5.74) is 1.07. The molecule has 1 rings (SSSR count). The summed E-state index contributed by atoms with van der Waals surface area (Å²) < 4.78 is 9.62. The Morgan fingerprint density at radius 3 is 2.56 bits per heavy atom. The standard InChI is InChI=1S/C15H22O3/c1-3-4-5-6-7-10-13-11-8-9-12-14(13)18-15(16)17-2/h8-9,11-12H,3-7,10H2,1-2H3. The molecule has 0 aliphatic rings. The number of rotatable bonds is 7. The van der Waals surface area contributed by atoms with E-state index in [1.54, 1.807) is 6.07 Å². The maximum Gasteiger partial charge on any atom is 0.513 e. The summed E-state index contributed by atoms with van der Waals surface area (Å²) in [5.74, 6) is 0.611. The zero-order chi connectivity index (χ0) is 13.2. The van der Waals surface area contributed by atoms with Crippen molar-refractivity contribution in [3.8, 4) is 5.75 Å². The number of para-hydroxylation sites is 1. The quantitative estimate of drug-likeness (QED) is 0.410. The van der Waals surface area contributed by atoms with Crippen molar-refractivity contribution in [1.29, 1.82) is 0 Å². The first-order valence-corrected chi connectivity index (χ1v) is 6.61. The summed E-state index contributed by atoms with van der Waals surface area (Å²) in [7, 11) is 1.32. The van der Waals surface area contributed by atoms with Gasteiger partial charge in [0.15, 0.2) is 0 Å². The monoisotopic (exact) mass is 250 g/mol. The molecule has 0 saturated heterocycles. The molecular weight excluding hydrogens is 228 g/mol. The lowest BCUT2D eigenvalue weighted by Gasteiger charge is -2.08. The number of carbonyl (C=O) groups excluding carboxylic acids is 1. The molecule has 1 aromatic rings. The number of aryl methyl sites for hydroxylation is 1. The zero-order valence-corrected chi connectivity index (χ0v) is 11.3. The molecule has 0 spiro atoms. The molecule has 0 unspecified atom stereocenters. The number of ether oxygens (including phenoxy) is 2. The molecule has 0 radical (unpaired) electrons. The highest BCUT2D eigenvalue weighted by Gasteiger charge is 2.08. The lowest BCUT2D eigenvalue weighted by atomic mass is 10.0. The van der Waals surface area contributed by atoms with Gasteiger partial charge in [-0.05, 0) is 24.5 Å². The molecular formula is C15H22O3. The van der Waals surface area contributed by atoms with Crippen LogP contribution in [0, 0.1) is 0 Å². The molecule has 3 heteroatoms. The molecule has 18 heavy (non-hydrogen) atoms. The average Bonchev–Trinajstić information content (AvgIpc) is 2.40. The Bertz CT molecular complexity index is 361. The van der Waals surface area contributed by atoms with Gasteiger partial charge >= 0.3 is 6.16 Å². The predicted molar refractivity (Wildman–Crippen MR) is 71.9 cm³/mol. The van der Waals surface area contributed by atoms with E-state index in [1.807, 2.05) is 18.2 Å². The fourth-order valence-corrected chi connectivity index (χ4v) is 1.86. The molecule has 3 nitrogen and oxygen atoms in total. The number of hydrogen-bond acceptors (Lipinski definition) is 3. The lowest BCUT2D eigenvalue weighted by molar-refractivity contribution is 0.121. The van der Waals surface area contributed by atoms with E-state index in [9.17, 15) is 4.79 Å². The van der Waals surface area contributed by atoms with E-state index < -0.39 is 6.16 Å². The van der Waals surface area contributed by atoms with Crippen LogP contribution in [0.3, 0.4) is 0 Å². The second-order valence-electron chi connectivity index (χ2n) is 4.33. The van der Waals surface area contributed by atoms with Crippen molar-refractivity contribution < 1.29 is 14.3 Å². The van der Waals surface area contributed by atoms with Crippen molar-refractivity contribution >= 4 is 6.16 Å². The van der Waals surface area contributed by atoms with Gasteiger partial charge in [0.25, 0.3) is 0 Å². The van der Waals surface area contributed by atoms with Crippen molar-refractivity contribution in [2.24, 2.45) is 0 Å². The minimum Gasteiger partial charge on any atom is -0.437 e. The Kier molecular flexibility index (Phi) is 6.92. The Morgan fingerprint density at radius 1 is 1.11 bits per heavy atom. The van der Waals surface area contributed by atoms with Gasteiger partial charge in [0.2, 0.25) is 0 Å². The molecule has 0 aliphatic heterocycles. The third-order valence-electron chi connectivity index (χ3n) is 2.88. The van der Waals surface area contributed by atoms with Gasteiger partial charge in [-0.3, -0.25) is 0 Å². The topological polar surface area (TPSA) is 35.5 Å². The van der Waals surface area contributed by atoms with Crippen molar-refractivity contribution in [2.75, 3.05) is 7.11 Å². The van der Waals surface area contributed by atoms with Crippen molar-refractivity contribution in [2.45, 2.75) is 45.4 Å². The first kappa shape index (κ1) is 14.6. The Labute approximate surface area is 109 Å². The largest absolute Gasteiger partial charge is 0.513 e. The fourth-order valence-electron chi connectivity index (χ4n) is 1.86. The fraction of sp³-hybridized carbons (Fsp3) is 0.533. The van der Waals surface area contributed by atoms with Gasteiger partial charge in [0.1, 0.15) is 5.75 Å². The second kappa shape index (κ2) is 8.56. The van der Waals surface area contributed by atoms with Gasteiger partial charge in [0, 0.05) is 0 Å². The summed E-state index contributed by atoms with van der Waals surface area (Å²) in [6.07, 6.45) is 6.45. The molecule has 0 aliphatic carbocycles. The van der Waals surface area contributed by atoms with E-state index in [2.05, 4.69) is 11.7 Å². The van der Waals surface area contributed by atoms with E-state index in [0.717, 1.165) is 18.4 Å². The molecule has 1 aromatic carbocycles. The van der Waals surface area contributed by atoms with Gasteiger partial charge in [-0.15, -0.1) is 0 Å². The molecule has 0 N–H and O–H groups in total. The minimum absolute atomic E-state index is 0.611. The van der Waals surface area contributed by atoms with Crippen molar-refractivity contribution in [1.82, 2.24) is 0 Å². The van der Waals surface area contributed by atoms with E-state index >= 15 is 0 Å². The summed E-state index contributed by atoms with van der Waals surface area (Å²) in [6, 6.07) is 7.63. The maximum atomic E-state index is 11.1. The summed E-state index contributed by atoms with van der Waals surface area (Å²) >= 11 is 0. The molecule has 0 aromatic heterocycles. The smallest absolute Gasteiger partial charge is 0.437 e. The third kappa shape index (κ3) is 5.21. The Balaban J connectivity index is 2.46. The molecule has 0 heterocycles. The van der Waals surface area contributed by atoms with Gasteiger partial charge in [-0.1, -0.05) is 50.8 Å². The first-order valence-electron chi connectivity index (χ1n) is 6.61. The zero-order valence-electron chi connectivity index (χ0n) is 11.3. The van der Waals surface area contributed by atoms with Crippen LogP contribution in [-0.2, 0) is 11.2 Å². The van der Waals surface area contributed by atoms with E-state index in [-0.39, 0.29) is 0 Å². The summed E-state index contributed by atoms with van der Waals surface area (Å²) in [4.78, 5) is 11.1. The summed E-state index contributed by atoms with van der Waals surface area (Å²) in [5, 5.41) is 0. The van der Waals surface area contributed by atoms with Crippen LogP contribution in [-0.4, -0.2) is 13.3 Å². The predicted octanol–water partition coefficient (Wildman–Crippen LogP) is 4.34. The van der Waals surface area contributed by atoms with Gasteiger partial charge in [-0.2, -0.15) is 0 Å². The van der Waals surface area contributed by atoms with Crippen LogP contribution in [0.1, 0.15) is 44.6 Å². The van der Waals surface area contributed by atoms with E-state index in [4.69, 9.17) is 4.74 Å². The van der Waals surface area contributed by atoms with E-state index in [0.29, 0.717) is 5.75 Å². The van der Waals surface area contributed by atoms with Crippen LogP contribution in [0.15, 0.2) is 24.3 Å². The maximum absolute atomic E-state index is 11.1. The minimum atomic E-state index is -0.659. The van der Waals surface area contributed by atoms with Crippen molar-refractivity contribution in [3.63, 3.8) is 0 Å². The van der Waals surface area contributed by atoms with Gasteiger partial charge in [0.05, 0.1) is 7.11 Å². The lowest BCUT2D eigenvalue weighted by Crippen LogP contribution is -2.08. The van der Waals surface area contributed by atoms with Crippen LogP contribution in [0.2, 0.25) is 0 Å². The number of hydrogen-bond donors (Lipinski definition) is 0. The molecule has 100 valence electrons. The van der Waals surface area contributed by atoms with Crippen LogP contribution in [0.5, 0.6) is 5.75 Å². The highest BCUT2D eigenvalue weighted by molar-refractivity contribution is 5.64. The molecule has 0 atom stereocenters. The summed E-state index contributed by atoms with van der Waals surface area (Å²) in [6.45, 7) is 2.21. The van der Waals surface area contributed by atoms with Crippen LogP contribution >= 0.6 is 0 Å². The number of methoxy groups -OCH3 is 1. The SMILES string of the molecule is CCCCCCCc1ccccc1OC(=O)OC. The first-order chi connectivity index (χ1) is 8.77. The molecule has 0 amide bonds. The van der Waals surface area contributed by atoms with Crippen LogP contribution < -0.4 is 4.74 Å². The van der Waals surface area contributed by atoms with Crippen LogP contribution in [0.25, 0.3) is 0 Å². The molecule has 0 fully saturated rings. The normalized spacial score (nSPS) is 10.1. The Hall–Kier alpha value is -1.51. The average molecular weight is 250 g/mol. The Morgan fingerprint density at radius 2 is 1.83 bits per heavy atom. The number of unbranched alkanes of at least 4 members (excludes halogenated alkanes) is 4. The molecule has 0 saturated carbocycles. The number of benzene rings is 1. The number of carbonyl (C=O) groups is 1. The highest BCUT2D eigenvalue weighted by atomic mass is 16.7. The van der Waals surface area contributed by atoms with Crippen LogP contribution in [0.4, 0.5) is 4.79 Å². The second-order valence-corrected chi connectivity index (χ2v) is 4.33. The van der Waals surface area contributed by atoms with Crippen molar-refractivity contribution in [3.05, 3.63) is 29.8 Å². The van der Waals surface area contributed by atoms with Gasteiger partial charge < -0.3 is 9.47 Å². The third-order valence-corrected chi connectivity index (χ3v) is 2.88. The van der Waals surface area contributed by atoms with Gasteiger partial charge in [-0.25, -0.2) is 4.79 Å². The van der Waals surface area contributed by atoms with E-state index in [1.165, 1.54) is 32.8 Å². The molecule has 0 bridgehead atoms.